The first-order chi connectivity index (χ1) is 20.5. The lowest BCUT2D eigenvalue weighted by Gasteiger charge is -2.31. The number of alkyl halides is 3. The number of halogens is 4. The Hall–Kier alpha value is -4.51. The molecule has 224 valence electrons. The maximum atomic E-state index is 13.9. The lowest BCUT2D eigenvalue weighted by Crippen LogP contribution is -2.37. The predicted molar refractivity (Wildman–Crippen MR) is 155 cm³/mol. The SMILES string of the molecule is C=C(O)c1cnn(-c2cccc(-c3cc(Cl)ccc3OCc3ccc(C4CCN(C(=O)OC)CC4)cc3)n2)c1C(F)(F)F. The van der Waals surface area contributed by atoms with E-state index in [0.29, 0.717) is 45.7 Å². The smallest absolute Gasteiger partial charge is 0.434 e. The van der Waals surface area contributed by atoms with Crippen LogP contribution in [0.4, 0.5) is 18.0 Å². The number of aromatic nitrogens is 3. The van der Waals surface area contributed by atoms with Gasteiger partial charge in [-0.25, -0.2) is 14.5 Å². The van der Waals surface area contributed by atoms with Crippen LogP contribution < -0.4 is 4.74 Å². The zero-order valence-electron chi connectivity index (χ0n) is 23.1. The van der Waals surface area contributed by atoms with Gasteiger partial charge in [0.2, 0.25) is 0 Å². The number of carbonyl (C=O) groups excluding carboxylic acids is 1. The molecule has 0 spiro atoms. The largest absolute Gasteiger partial charge is 0.508 e. The van der Waals surface area contributed by atoms with E-state index >= 15 is 0 Å². The minimum atomic E-state index is -4.82. The van der Waals surface area contributed by atoms with Crippen molar-refractivity contribution in [3.8, 4) is 22.8 Å². The first kappa shape index (κ1) is 30.0. The third-order valence-corrected chi connectivity index (χ3v) is 7.53. The molecule has 3 heterocycles. The number of hydrogen-bond donors (Lipinski definition) is 1. The maximum absolute atomic E-state index is 13.9. The highest BCUT2D eigenvalue weighted by Gasteiger charge is 2.39. The van der Waals surface area contributed by atoms with E-state index in [1.807, 2.05) is 12.1 Å². The minimum Gasteiger partial charge on any atom is -0.508 e. The molecule has 0 atom stereocenters. The van der Waals surface area contributed by atoms with Gasteiger partial charge >= 0.3 is 12.3 Å². The van der Waals surface area contributed by atoms with Crippen LogP contribution in [0.5, 0.6) is 5.75 Å². The van der Waals surface area contributed by atoms with Gasteiger partial charge < -0.3 is 19.5 Å². The topological polar surface area (TPSA) is 89.7 Å². The van der Waals surface area contributed by atoms with Crippen LogP contribution in [0, 0.1) is 0 Å². The second-order valence-electron chi connectivity index (χ2n) is 10.0. The lowest BCUT2D eigenvalue weighted by molar-refractivity contribution is -0.143. The highest BCUT2D eigenvalue weighted by Crippen LogP contribution is 2.37. The Morgan fingerprint density at radius 2 is 1.84 bits per heavy atom. The summed E-state index contributed by atoms with van der Waals surface area (Å²) in [6.07, 6.45) is -2.53. The molecule has 2 aromatic carbocycles. The highest BCUT2D eigenvalue weighted by atomic mass is 35.5. The van der Waals surface area contributed by atoms with Gasteiger partial charge in [-0.1, -0.05) is 48.5 Å². The summed E-state index contributed by atoms with van der Waals surface area (Å²) < 4.78 is 53.2. The van der Waals surface area contributed by atoms with Gasteiger partial charge in [0.1, 0.15) is 18.1 Å². The highest BCUT2D eigenvalue weighted by molar-refractivity contribution is 6.31. The lowest BCUT2D eigenvalue weighted by atomic mass is 9.89. The van der Waals surface area contributed by atoms with Crippen LogP contribution in [0.2, 0.25) is 5.02 Å². The summed E-state index contributed by atoms with van der Waals surface area (Å²) in [5.41, 5.74) is 1.18. The summed E-state index contributed by atoms with van der Waals surface area (Å²) in [4.78, 5) is 17.9. The fourth-order valence-electron chi connectivity index (χ4n) is 5.10. The van der Waals surface area contributed by atoms with E-state index in [1.165, 1.54) is 18.7 Å². The van der Waals surface area contributed by atoms with Crippen LogP contribution in [0.3, 0.4) is 0 Å². The number of rotatable bonds is 7. The molecule has 1 aliphatic heterocycles. The van der Waals surface area contributed by atoms with Crippen molar-refractivity contribution in [2.45, 2.75) is 31.5 Å². The first-order valence-corrected chi connectivity index (χ1v) is 13.8. The summed E-state index contributed by atoms with van der Waals surface area (Å²) in [6, 6.07) is 17.6. The van der Waals surface area contributed by atoms with Gasteiger partial charge in [-0.15, -0.1) is 0 Å². The van der Waals surface area contributed by atoms with E-state index in [2.05, 4.69) is 28.8 Å². The van der Waals surface area contributed by atoms with Crippen molar-refractivity contribution in [3.63, 3.8) is 0 Å². The Bertz CT molecular complexity index is 1630. The van der Waals surface area contributed by atoms with E-state index in [9.17, 15) is 23.1 Å². The third kappa shape index (κ3) is 6.61. The van der Waals surface area contributed by atoms with Gasteiger partial charge in [0, 0.05) is 23.7 Å². The molecule has 4 aromatic rings. The molecule has 1 saturated heterocycles. The van der Waals surface area contributed by atoms with Crippen LogP contribution in [-0.4, -0.2) is 51.1 Å². The first-order valence-electron chi connectivity index (χ1n) is 13.4. The van der Waals surface area contributed by atoms with E-state index < -0.39 is 23.2 Å². The number of nitrogens with zero attached hydrogens (tertiary/aromatic N) is 4. The number of pyridine rings is 1. The van der Waals surface area contributed by atoms with Gasteiger partial charge in [-0.3, -0.25) is 0 Å². The monoisotopic (exact) mass is 612 g/mol. The van der Waals surface area contributed by atoms with Crippen molar-refractivity contribution < 1.29 is 32.5 Å². The second-order valence-corrected chi connectivity index (χ2v) is 10.5. The molecule has 43 heavy (non-hydrogen) atoms. The average molecular weight is 613 g/mol. The van der Waals surface area contributed by atoms with Crippen LogP contribution >= 0.6 is 11.6 Å². The van der Waals surface area contributed by atoms with Gasteiger partial charge in [-0.2, -0.15) is 18.3 Å². The fraction of sp³-hybridized carbons (Fsp3) is 0.258. The fourth-order valence-corrected chi connectivity index (χ4v) is 5.27. The molecular formula is C31H28ClF3N4O4. The van der Waals surface area contributed by atoms with Crippen LogP contribution in [0.1, 0.15) is 41.1 Å². The Morgan fingerprint density at radius 3 is 2.49 bits per heavy atom. The molecule has 12 heteroatoms. The average Bonchev–Trinajstić information content (AvgIpc) is 3.47. The molecule has 5 rings (SSSR count). The molecular weight excluding hydrogens is 585 g/mol. The number of amides is 1. The Labute approximate surface area is 250 Å². The minimum absolute atomic E-state index is 0.115. The van der Waals surface area contributed by atoms with Crippen molar-refractivity contribution in [2.75, 3.05) is 20.2 Å². The Morgan fingerprint density at radius 1 is 1.12 bits per heavy atom. The number of piperidine rings is 1. The van der Waals surface area contributed by atoms with Crippen LogP contribution in [0.25, 0.3) is 22.8 Å². The Balaban J connectivity index is 1.34. The zero-order chi connectivity index (χ0) is 30.7. The molecule has 8 nitrogen and oxygen atoms in total. The molecule has 0 radical (unpaired) electrons. The number of ether oxygens (including phenoxy) is 2. The zero-order valence-corrected chi connectivity index (χ0v) is 23.9. The summed E-state index contributed by atoms with van der Waals surface area (Å²) in [5, 5.41) is 13.9. The number of aliphatic hydroxyl groups excluding tert-OH is 1. The molecule has 1 fully saturated rings. The number of hydrogen-bond acceptors (Lipinski definition) is 6. The maximum Gasteiger partial charge on any atom is 0.434 e. The number of benzene rings is 2. The molecule has 1 aliphatic rings. The molecule has 2 aromatic heterocycles. The van der Waals surface area contributed by atoms with Gasteiger partial charge in [0.05, 0.1) is 24.6 Å². The van der Waals surface area contributed by atoms with Crippen molar-refractivity contribution in [1.82, 2.24) is 19.7 Å². The normalized spacial score (nSPS) is 14.0. The summed E-state index contributed by atoms with van der Waals surface area (Å²) in [5.74, 6) is -0.0842. The summed E-state index contributed by atoms with van der Waals surface area (Å²) in [6.45, 7) is 4.73. The molecule has 1 amide bonds. The van der Waals surface area contributed by atoms with E-state index in [-0.39, 0.29) is 18.5 Å². The molecule has 1 N–H and O–H groups in total. The van der Waals surface area contributed by atoms with Crippen LogP contribution in [-0.2, 0) is 17.5 Å². The predicted octanol–water partition coefficient (Wildman–Crippen LogP) is 7.66. The molecule has 0 aliphatic carbocycles. The number of aliphatic hydroxyl groups is 1. The number of methoxy groups -OCH3 is 1. The number of carbonyl (C=O) groups is 1. The summed E-state index contributed by atoms with van der Waals surface area (Å²) in [7, 11) is 1.39. The van der Waals surface area contributed by atoms with Crippen molar-refractivity contribution in [3.05, 3.63) is 101 Å². The van der Waals surface area contributed by atoms with Crippen molar-refractivity contribution >= 4 is 23.5 Å². The van der Waals surface area contributed by atoms with Gasteiger partial charge in [0.25, 0.3) is 0 Å². The molecule has 0 unspecified atom stereocenters. The van der Waals surface area contributed by atoms with E-state index in [1.54, 1.807) is 35.2 Å². The Kier molecular flexibility index (Phi) is 8.63. The second kappa shape index (κ2) is 12.4. The third-order valence-electron chi connectivity index (χ3n) is 7.29. The standard InChI is InChI=1S/C31H28ClF3N4O4/c1-19(40)25-17-36-39(29(25)31(33,34)35)28-5-3-4-26(37-28)24-16-23(32)10-11-27(24)43-18-20-6-8-21(9-7-20)22-12-14-38(15-13-22)30(41)42-2/h3-11,16-17,22,40H,1,12-15,18H2,2H3. The molecule has 0 saturated carbocycles. The number of likely N-dealkylation sites (tertiary alicyclic amines) is 1. The van der Waals surface area contributed by atoms with E-state index in [0.717, 1.165) is 24.6 Å². The molecule has 0 bridgehead atoms. The summed E-state index contributed by atoms with van der Waals surface area (Å²) >= 11 is 6.27. The van der Waals surface area contributed by atoms with Gasteiger partial charge in [-0.05, 0) is 60.2 Å². The van der Waals surface area contributed by atoms with Crippen molar-refractivity contribution in [2.24, 2.45) is 0 Å². The van der Waals surface area contributed by atoms with E-state index in [4.69, 9.17) is 21.1 Å². The quantitative estimate of drug-likeness (QED) is 0.216. The van der Waals surface area contributed by atoms with Crippen LogP contribution in [0.15, 0.2) is 73.4 Å². The van der Waals surface area contributed by atoms with Gasteiger partial charge in [0.15, 0.2) is 11.5 Å². The van der Waals surface area contributed by atoms with Crippen molar-refractivity contribution in [1.29, 1.82) is 0 Å².